The van der Waals surface area contributed by atoms with Crippen LogP contribution in [0.1, 0.15) is 5.56 Å². The second-order valence-corrected chi connectivity index (χ2v) is 4.91. The van der Waals surface area contributed by atoms with Crippen molar-refractivity contribution in [2.75, 3.05) is 6.54 Å². The highest BCUT2D eigenvalue weighted by Gasteiger charge is 1.98. The van der Waals surface area contributed by atoms with Gasteiger partial charge in [-0.3, -0.25) is 14.2 Å². The highest BCUT2D eigenvalue weighted by atomic mass is 79.9. The van der Waals surface area contributed by atoms with Gasteiger partial charge in [0.05, 0.1) is 23.4 Å². The number of halogens is 1. The van der Waals surface area contributed by atoms with Gasteiger partial charge in [0.1, 0.15) is 0 Å². The number of hydrogen-bond acceptors (Lipinski definition) is 3. The van der Waals surface area contributed by atoms with E-state index < -0.39 is 0 Å². The fraction of sp³-hybridized carbons (Fsp3) is 0.250. The first kappa shape index (κ1) is 13.5. The highest BCUT2D eigenvalue weighted by molar-refractivity contribution is 9.10. The summed E-state index contributed by atoms with van der Waals surface area (Å²) in [6.07, 6.45) is 10.3. The van der Waals surface area contributed by atoms with Crippen LogP contribution in [0.2, 0.25) is 0 Å². The number of aromatic nitrogens is 4. The number of nitrogens with zero attached hydrogens (tertiary/aromatic N) is 4. The van der Waals surface area contributed by atoms with Crippen LogP contribution in [-0.2, 0) is 18.4 Å². The number of amides is 1. The molecule has 2 aromatic rings. The highest BCUT2D eigenvalue weighted by Crippen LogP contribution is 2.05. The quantitative estimate of drug-likeness (QED) is 0.841. The lowest BCUT2D eigenvalue weighted by Gasteiger charge is -2.02. The van der Waals surface area contributed by atoms with Crippen LogP contribution in [0, 0.1) is 0 Å². The zero-order valence-electron chi connectivity index (χ0n) is 10.5. The molecule has 0 spiro atoms. The SMILES string of the molecule is Cn1cc(/C=C/C(=O)NCCn2cc(Br)cn2)cn1. The summed E-state index contributed by atoms with van der Waals surface area (Å²) in [5, 5.41) is 10.9. The fourth-order valence-electron chi connectivity index (χ4n) is 1.51. The Kier molecular flexibility index (Phi) is 4.51. The largest absolute Gasteiger partial charge is 0.351 e. The van der Waals surface area contributed by atoms with E-state index in [1.807, 2.05) is 19.4 Å². The molecule has 2 aromatic heterocycles. The molecule has 7 heteroatoms. The third-order valence-corrected chi connectivity index (χ3v) is 2.80. The van der Waals surface area contributed by atoms with Gasteiger partial charge in [-0.25, -0.2) is 0 Å². The second-order valence-electron chi connectivity index (χ2n) is 3.99. The van der Waals surface area contributed by atoms with Gasteiger partial charge in [0, 0.05) is 37.6 Å². The fourth-order valence-corrected chi connectivity index (χ4v) is 1.84. The lowest BCUT2D eigenvalue weighted by molar-refractivity contribution is -0.116. The molecule has 0 unspecified atom stereocenters. The first-order valence-electron chi connectivity index (χ1n) is 5.76. The van der Waals surface area contributed by atoms with Crippen LogP contribution in [0.3, 0.4) is 0 Å². The van der Waals surface area contributed by atoms with Gasteiger partial charge < -0.3 is 5.32 Å². The van der Waals surface area contributed by atoms with Crippen LogP contribution >= 0.6 is 15.9 Å². The maximum Gasteiger partial charge on any atom is 0.244 e. The Balaban J connectivity index is 1.74. The van der Waals surface area contributed by atoms with Gasteiger partial charge in [-0.15, -0.1) is 0 Å². The number of aryl methyl sites for hydroxylation is 1. The molecule has 0 saturated heterocycles. The average Bonchev–Trinajstić information content (AvgIpc) is 2.96. The summed E-state index contributed by atoms with van der Waals surface area (Å²) in [5.41, 5.74) is 0.897. The molecule has 0 bridgehead atoms. The van der Waals surface area contributed by atoms with Crippen molar-refractivity contribution in [2.24, 2.45) is 7.05 Å². The van der Waals surface area contributed by atoms with Crippen molar-refractivity contribution in [3.05, 3.63) is 40.9 Å². The Labute approximate surface area is 119 Å². The van der Waals surface area contributed by atoms with Crippen LogP contribution < -0.4 is 5.32 Å². The summed E-state index contributed by atoms with van der Waals surface area (Å²) >= 11 is 3.32. The summed E-state index contributed by atoms with van der Waals surface area (Å²) in [5.74, 6) is -0.130. The van der Waals surface area contributed by atoms with Crippen molar-refractivity contribution in [1.82, 2.24) is 24.9 Å². The molecule has 1 N–H and O–H groups in total. The maximum atomic E-state index is 11.6. The van der Waals surface area contributed by atoms with Gasteiger partial charge in [0.15, 0.2) is 0 Å². The predicted octanol–water partition coefficient (Wildman–Crippen LogP) is 1.21. The van der Waals surface area contributed by atoms with Gasteiger partial charge in [0.2, 0.25) is 5.91 Å². The van der Waals surface area contributed by atoms with Gasteiger partial charge >= 0.3 is 0 Å². The smallest absolute Gasteiger partial charge is 0.244 e. The maximum absolute atomic E-state index is 11.6. The molecule has 0 aromatic carbocycles. The van der Waals surface area contributed by atoms with Crippen molar-refractivity contribution < 1.29 is 4.79 Å². The second kappa shape index (κ2) is 6.33. The normalized spacial score (nSPS) is 11.1. The van der Waals surface area contributed by atoms with E-state index in [9.17, 15) is 4.79 Å². The molecule has 19 heavy (non-hydrogen) atoms. The molecule has 0 aliphatic rings. The zero-order chi connectivity index (χ0) is 13.7. The summed E-state index contributed by atoms with van der Waals surface area (Å²) in [6, 6.07) is 0. The molecule has 6 nitrogen and oxygen atoms in total. The third-order valence-electron chi connectivity index (χ3n) is 2.39. The lowest BCUT2D eigenvalue weighted by atomic mass is 10.3. The number of nitrogens with one attached hydrogen (secondary N) is 1. The number of carbonyl (C=O) groups excluding carboxylic acids is 1. The topological polar surface area (TPSA) is 64.7 Å². The molecule has 2 rings (SSSR count). The molecular weight excluding hydrogens is 310 g/mol. The number of carbonyl (C=O) groups is 1. The summed E-state index contributed by atoms with van der Waals surface area (Å²) in [6.45, 7) is 1.17. The van der Waals surface area contributed by atoms with Crippen molar-refractivity contribution in [3.63, 3.8) is 0 Å². The Morgan fingerprint density at radius 2 is 2.26 bits per heavy atom. The minimum Gasteiger partial charge on any atom is -0.351 e. The van der Waals surface area contributed by atoms with Gasteiger partial charge in [0.25, 0.3) is 0 Å². The minimum absolute atomic E-state index is 0.130. The van der Waals surface area contributed by atoms with E-state index in [-0.39, 0.29) is 5.91 Å². The van der Waals surface area contributed by atoms with E-state index in [1.54, 1.807) is 27.8 Å². The first-order chi connectivity index (χ1) is 9.13. The minimum atomic E-state index is -0.130. The monoisotopic (exact) mass is 323 g/mol. The molecular formula is C12H14BrN5O. The number of rotatable bonds is 5. The molecule has 0 aliphatic heterocycles. The summed E-state index contributed by atoms with van der Waals surface area (Å²) < 4.78 is 4.37. The van der Waals surface area contributed by atoms with Gasteiger partial charge in [-0.1, -0.05) is 0 Å². The standard InChI is InChI=1S/C12H14BrN5O/c1-17-8-10(6-15-17)2-3-12(19)14-4-5-18-9-11(13)7-16-18/h2-3,6-9H,4-5H2,1H3,(H,14,19)/b3-2+. The molecule has 2 heterocycles. The van der Waals surface area contributed by atoms with E-state index in [1.165, 1.54) is 6.08 Å². The lowest BCUT2D eigenvalue weighted by Crippen LogP contribution is -2.25. The number of hydrogen-bond donors (Lipinski definition) is 1. The average molecular weight is 324 g/mol. The Bertz CT molecular complexity index is 586. The predicted molar refractivity (Wildman–Crippen MR) is 75.2 cm³/mol. The van der Waals surface area contributed by atoms with Crippen molar-refractivity contribution in [1.29, 1.82) is 0 Å². The molecule has 0 aliphatic carbocycles. The van der Waals surface area contributed by atoms with E-state index in [2.05, 4.69) is 31.4 Å². The van der Waals surface area contributed by atoms with Crippen molar-refractivity contribution >= 4 is 27.9 Å². The molecule has 0 atom stereocenters. The van der Waals surface area contributed by atoms with Crippen LogP contribution in [0.4, 0.5) is 0 Å². The van der Waals surface area contributed by atoms with Crippen molar-refractivity contribution in [3.8, 4) is 0 Å². The van der Waals surface area contributed by atoms with E-state index >= 15 is 0 Å². The van der Waals surface area contributed by atoms with Crippen LogP contribution in [0.15, 0.2) is 35.3 Å². The summed E-state index contributed by atoms with van der Waals surface area (Å²) in [7, 11) is 1.83. The van der Waals surface area contributed by atoms with E-state index in [4.69, 9.17) is 0 Å². The third kappa shape index (κ3) is 4.36. The van der Waals surface area contributed by atoms with E-state index in [0.717, 1.165) is 10.0 Å². The van der Waals surface area contributed by atoms with E-state index in [0.29, 0.717) is 13.1 Å². The first-order valence-corrected chi connectivity index (χ1v) is 6.55. The molecule has 0 radical (unpaired) electrons. The Morgan fingerprint density at radius 3 is 2.89 bits per heavy atom. The van der Waals surface area contributed by atoms with Gasteiger partial charge in [-0.05, 0) is 22.0 Å². The van der Waals surface area contributed by atoms with Crippen molar-refractivity contribution in [2.45, 2.75) is 6.54 Å². The molecule has 100 valence electrons. The Morgan fingerprint density at radius 1 is 1.42 bits per heavy atom. The Hall–Kier alpha value is -1.89. The van der Waals surface area contributed by atoms with Crippen LogP contribution in [0.5, 0.6) is 0 Å². The molecule has 1 amide bonds. The van der Waals surface area contributed by atoms with Crippen LogP contribution in [0.25, 0.3) is 6.08 Å². The van der Waals surface area contributed by atoms with Crippen LogP contribution in [-0.4, -0.2) is 32.0 Å². The molecule has 0 saturated carbocycles. The van der Waals surface area contributed by atoms with Gasteiger partial charge in [-0.2, -0.15) is 10.2 Å². The zero-order valence-corrected chi connectivity index (χ0v) is 12.0. The summed E-state index contributed by atoms with van der Waals surface area (Å²) in [4.78, 5) is 11.6. The molecule has 0 fully saturated rings.